The summed E-state index contributed by atoms with van der Waals surface area (Å²) in [5.74, 6) is 1.66. The zero-order valence-electron chi connectivity index (χ0n) is 11.5. The number of nitrogens with zero attached hydrogens (tertiary/aromatic N) is 3. The van der Waals surface area contributed by atoms with Gasteiger partial charge in [-0.05, 0) is 31.4 Å². The molecular weight excluding hydrogens is 268 g/mol. The molecule has 1 aromatic carbocycles. The summed E-state index contributed by atoms with van der Waals surface area (Å²) in [5.41, 5.74) is 6.95. The Hall–Kier alpha value is -1.46. The van der Waals surface area contributed by atoms with Gasteiger partial charge in [0.15, 0.2) is 0 Å². The first-order valence-electron chi connectivity index (χ1n) is 7.19. The molecule has 1 aromatic heterocycles. The van der Waals surface area contributed by atoms with Crippen molar-refractivity contribution in [1.82, 2.24) is 9.36 Å². The Morgan fingerprint density at radius 3 is 2.75 bits per heavy atom. The number of benzene rings is 1. The van der Waals surface area contributed by atoms with Gasteiger partial charge in [0.2, 0.25) is 5.13 Å². The SMILES string of the molecule is NCCCN(Cc1ccccc1)c1nc(C2CC2)ns1. The monoisotopic (exact) mass is 288 g/mol. The first-order valence-corrected chi connectivity index (χ1v) is 7.96. The molecule has 0 atom stereocenters. The van der Waals surface area contributed by atoms with E-state index in [4.69, 9.17) is 10.7 Å². The van der Waals surface area contributed by atoms with Crippen LogP contribution in [0, 0.1) is 0 Å². The first-order chi connectivity index (χ1) is 9.86. The summed E-state index contributed by atoms with van der Waals surface area (Å²) in [7, 11) is 0. The van der Waals surface area contributed by atoms with Crippen molar-refractivity contribution in [2.45, 2.75) is 31.7 Å². The van der Waals surface area contributed by atoms with Gasteiger partial charge in [-0.1, -0.05) is 30.3 Å². The van der Waals surface area contributed by atoms with E-state index in [0.717, 1.165) is 30.5 Å². The summed E-state index contributed by atoms with van der Waals surface area (Å²) in [4.78, 5) is 7.01. The highest BCUT2D eigenvalue weighted by Gasteiger charge is 2.28. The minimum atomic E-state index is 0.619. The van der Waals surface area contributed by atoms with Crippen molar-refractivity contribution in [2.24, 2.45) is 5.73 Å². The molecule has 0 aliphatic heterocycles. The van der Waals surface area contributed by atoms with Crippen LogP contribution in [0.25, 0.3) is 0 Å². The van der Waals surface area contributed by atoms with E-state index in [2.05, 4.69) is 33.5 Å². The molecule has 5 heteroatoms. The van der Waals surface area contributed by atoms with Crippen molar-refractivity contribution < 1.29 is 0 Å². The molecule has 0 amide bonds. The molecule has 1 saturated carbocycles. The third-order valence-electron chi connectivity index (χ3n) is 3.49. The lowest BCUT2D eigenvalue weighted by molar-refractivity contribution is 0.731. The fraction of sp³-hybridized carbons (Fsp3) is 0.467. The summed E-state index contributed by atoms with van der Waals surface area (Å²) in [5, 5.41) is 1.03. The van der Waals surface area contributed by atoms with Gasteiger partial charge in [-0.3, -0.25) is 0 Å². The highest BCUT2D eigenvalue weighted by atomic mass is 32.1. The van der Waals surface area contributed by atoms with Crippen molar-refractivity contribution >= 4 is 16.7 Å². The Kier molecular flexibility index (Phi) is 4.28. The number of nitrogens with two attached hydrogens (primary N) is 1. The number of anilines is 1. The summed E-state index contributed by atoms with van der Waals surface area (Å²) in [6.07, 6.45) is 3.47. The van der Waals surface area contributed by atoms with E-state index in [9.17, 15) is 0 Å². The van der Waals surface area contributed by atoms with E-state index in [0.29, 0.717) is 12.5 Å². The molecule has 106 valence electrons. The van der Waals surface area contributed by atoms with Gasteiger partial charge in [-0.15, -0.1) is 0 Å². The van der Waals surface area contributed by atoms with Gasteiger partial charge in [0, 0.05) is 30.5 Å². The fourth-order valence-electron chi connectivity index (χ4n) is 2.19. The maximum Gasteiger partial charge on any atom is 0.205 e. The van der Waals surface area contributed by atoms with Crippen molar-refractivity contribution in [2.75, 3.05) is 18.0 Å². The van der Waals surface area contributed by atoms with E-state index in [1.54, 1.807) is 0 Å². The predicted molar refractivity (Wildman–Crippen MR) is 83.0 cm³/mol. The van der Waals surface area contributed by atoms with Crippen LogP contribution in [0.2, 0.25) is 0 Å². The number of hydrogen-bond donors (Lipinski definition) is 1. The molecule has 0 saturated heterocycles. The van der Waals surface area contributed by atoms with Gasteiger partial charge in [0.25, 0.3) is 0 Å². The van der Waals surface area contributed by atoms with Crippen LogP contribution in [0.3, 0.4) is 0 Å². The van der Waals surface area contributed by atoms with E-state index in [1.807, 2.05) is 6.07 Å². The molecule has 1 aliphatic carbocycles. The van der Waals surface area contributed by atoms with Crippen LogP contribution in [0.1, 0.15) is 36.6 Å². The number of hydrogen-bond acceptors (Lipinski definition) is 5. The minimum Gasteiger partial charge on any atom is -0.342 e. The third-order valence-corrected chi connectivity index (χ3v) is 4.28. The molecule has 0 unspecified atom stereocenters. The fourth-order valence-corrected chi connectivity index (χ4v) is 2.96. The van der Waals surface area contributed by atoms with Gasteiger partial charge in [0.1, 0.15) is 5.82 Å². The largest absolute Gasteiger partial charge is 0.342 e. The maximum atomic E-state index is 5.65. The molecular formula is C15H20N4S. The summed E-state index contributed by atoms with van der Waals surface area (Å²) >= 11 is 1.52. The van der Waals surface area contributed by atoms with Gasteiger partial charge < -0.3 is 10.6 Å². The molecule has 2 N–H and O–H groups in total. The summed E-state index contributed by atoms with van der Waals surface area (Å²) < 4.78 is 4.51. The molecule has 1 heterocycles. The van der Waals surface area contributed by atoms with E-state index >= 15 is 0 Å². The van der Waals surface area contributed by atoms with Crippen LogP contribution in [-0.2, 0) is 6.54 Å². The molecule has 20 heavy (non-hydrogen) atoms. The number of rotatable bonds is 7. The topological polar surface area (TPSA) is 55.0 Å². The van der Waals surface area contributed by atoms with Crippen LogP contribution >= 0.6 is 11.5 Å². The lowest BCUT2D eigenvalue weighted by Gasteiger charge is -2.21. The quantitative estimate of drug-likeness (QED) is 0.851. The third kappa shape index (κ3) is 3.35. The maximum absolute atomic E-state index is 5.65. The van der Waals surface area contributed by atoms with Crippen molar-refractivity contribution in [3.8, 4) is 0 Å². The molecule has 0 radical (unpaired) electrons. The van der Waals surface area contributed by atoms with Crippen LogP contribution in [0.5, 0.6) is 0 Å². The number of aromatic nitrogens is 2. The second-order valence-electron chi connectivity index (χ2n) is 5.26. The van der Waals surface area contributed by atoms with E-state index in [1.165, 1.54) is 29.9 Å². The van der Waals surface area contributed by atoms with Gasteiger partial charge >= 0.3 is 0 Å². The molecule has 0 bridgehead atoms. The Bertz CT molecular complexity index is 536. The van der Waals surface area contributed by atoms with Crippen molar-refractivity contribution in [3.63, 3.8) is 0 Å². The standard InChI is InChI=1S/C15H20N4S/c16-9-4-10-19(11-12-5-2-1-3-6-12)15-17-14(18-20-15)13-7-8-13/h1-3,5-6,13H,4,7-11,16H2. The Balaban J connectivity index is 1.73. The average Bonchev–Trinajstić information content (AvgIpc) is 3.22. The lowest BCUT2D eigenvalue weighted by Crippen LogP contribution is -2.25. The van der Waals surface area contributed by atoms with Crippen LogP contribution < -0.4 is 10.6 Å². The van der Waals surface area contributed by atoms with Crippen LogP contribution in [0.4, 0.5) is 5.13 Å². The second kappa shape index (κ2) is 6.33. The smallest absolute Gasteiger partial charge is 0.205 e. The lowest BCUT2D eigenvalue weighted by atomic mass is 10.2. The summed E-state index contributed by atoms with van der Waals surface area (Å²) in [6.45, 7) is 2.52. The summed E-state index contributed by atoms with van der Waals surface area (Å²) in [6, 6.07) is 10.5. The highest BCUT2D eigenvalue weighted by molar-refractivity contribution is 7.09. The molecule has 2 aromatic rings. The molecule has 1 aliphatic rings. The van der Waals surface area contributed by atoms with Gasteiger partial charge in [-0.25, -0.2) is 4.98 Å². The molecule has 3 rings (SSSR count). The van der Waals surface area contributed by atoms with Crippen LogP contribution in [-0.4, -0.2) is 22.4 Å². The van der Waals surface area contributed by atoms with Gasteiger partial charge in [0.05, 0.1) is 0 Å². The zero-order chi connectivity index (χ0) is 13.8. The second-order valence-corrected chi connectivity index (χ2v) is 5.99. The first kappa shape index (κ1) is 13.5. The zero-order valence-corrected chi connectivity index (χ0v) is 12.4. The van der Waals surface area contributed by atoms with E-state index in [-0.39, 0.29) is 0 Å². The Morgan fingerprint density at radius 2 is 2.05 bits per heavy atom. The van der Waals surface area contributed by atoms with Crippen molar-refractivity contribution in [3.05, 3.63) is 41.7 Å². The Labute approximate surface area is 123 Å². The normalized spacial score (nSPS) is 14.4. The minimum absolute atomic E-state index is 0.619. The average molecular weight is 288 g/mol. The Morgan fingerprint density at radius 1 is 1.25 bits per heavy atom. The van der Waals surface area contributed by atoms with Crippen LogP contribution in [0.15, 0.2) is 30.3 Å². The molecule has 0 spiro atoms. The predicted octanol–water partition coefficient (Wildman–Crippen LogP) is 2.77. The molecule has 1 fully saturated rings. The van der Waals surface area contributed by atoms with E-state index < -0.39 is 0 Å². The van der Waals surface area contributed by atoms with Gasteiger partial charge in [-0.2, -0.15) is 4.37 Å². The molecule has 4 nitrogen and oxygen atoms in total. The highest BCUT2D eigenvalue weighted by Crippen LogP contribution is 2.39. The van der Waals surface area contributed by atoms with Crippen molar-refractivity contribution in [1.29, 1.82) is 0 Å².